The first kappa shape index (κ1) is 26.9. The summed E-state index contributed by atoms with van der Waals surface area (Å²) in [6, 6.07) is 16.2. The highest BCUT2D eigenvalue weighted by Crippen LogP contribution is 2.41. The number of benzene rings is 2. The molecule has 2 aromatic carbocycles. The van der Waals surface area contributed by atoms with Crippen molar-refractivity contribution < 1.29 is 23.8 Å². The zero-order chi connectivity index (χ0) is 25.5. The zero-order valence-corrected chi connectivity index (χ0v) is 22.2. The van der Waals surface area contributed by atoms with E-state index in [1.54, 1.807) is 50.6 Å². The van der Waals surface area contributed by atoms with Crippen molar-refractivity contribution in [3.63, 3.8) is 0 Å². The molecule has 0 bridgehead atoms. The Morgan fingerprint density at radius 2 is 1.66 bits per heavy atom. The molecular formula is C28H31ClO5S. The number of carbonyl (C=O) groups is 2. The number of hydrogen-bond acceptors (Lipinski definition) is 6. The molecule has 5 nitrogen and oxygen atoms in total. The van der Waals surface area contributed by atoms with Crippen molar-refractivity contribution in [1.29, 1.82) is 0 Å². The molecule has 0 saturated heterocycles. The minimum Gasteiger partial charge on any atom is -0.497 e. The Bertz CT molecular complexity index is 1140. The van der Waals surface area contributed by atoms with Crippen LogP contribution in [0.4, 0.5) is 0 Å². The first-order valence-electron chi connectivity index (χ1n) is 11.6. The van der Waals surface area contributed by atoms with Gasteiger partial charge in [0.05, 0.1) is 24.2 Å². The van der Waals surface area contributed by atoms with Gasteiger partial charge in [-0.2, -0.15) is 0 Å². The molecule has 2 atom stereocenters. The molecule has 0 aliphatic rings. The summed E-state index contributed by atoms with van der Waals surface area (Å²) in [5, 5.41) is 0.609. The van der Waals surface area contributed by atoms with Gasteiger partial charge in [0.25, 0.3) is 0 Å². The average Bonchev–Trinajstić information content (AvgIpc) is 3.28. The molecule has 35 heavy (non-hydrogen) atoms. The van der Waals surface area contributed by atoms with Crippen LogP contribution < -0.4 is 4.74 Å². The first-order valence-corrected chi connectivity index (χ1v) is 12.8. The van der Waals surface area contributed by atoms with Crippen LogP contribution in [0.1, 0.15) is 60.3 Å². The normalized spacial score (nSPS) is 12.9. The van der Waals surface area contributed by atoms with Gasteiger partial charge in [-0.15, -0.1) is 11.3 Å². The predicted octanol–water partition coefficient (Wildman–Crippen LogP) is 7.16. The van der Waals surface area contributed by atoms with Gasteiger partial charge in [0.2, 0.25) is 5.78 Å². The summed E-state index contributed by atoms with van der Waals surface area (Å²) < 4.78 is 16.6. The summed E-state index contributed by atoms with van der Waals surface area (Å²) in [4.78, 5) is 28.2. The fourth-order valence-corrected chi connectivity index (χ4v) is 5.25. The van der Waals surface area contributed by atoms with Crippen LogP contribution in [-0.2, 0) is 14.3 Å². The monoisotopic (exact) mass is 514 g/mol. The molecule has 0 amide bonds. The van der Waals surface area contributed by atoms with Gasteiger partial charge in [0, 0.05) is 22.6 Å². The van der Waals surface area contributed by atoms with Crippen molar-refractivity contribution in [2.24, 2.45) is 0 Å². The lowest BCUT2D eigenvalue weighted by Crippen LogP contribution is -2.31. The van der Waals surface area contributed by atoms with E-state index in [9.17, 15) is 9.59 Å². The van der Waals surface area contributed by atoms with E-state index in [1.165, 1.54) is 11.3 Å². The lowest BCUT2D eigenvalue weighted by atomic mass is 9.89. The number of methoxy groups -OCH3 is 2. The predicted molar refractivity (Wildman–Crippen MR) is 141 cm³/mol. The number of hydrogen-bond donors (Lipinski definition) is 0. The lowest BCUT2D eigenvalue weighted by Gasteiger charge is -2.26. The molecule has 0 saturated carbocycles. The quantitative estimate of drug-likeness (QED) is 0.201. The molecule has 0 radical (unpaired) electrons. The smallest absolute Gasteiger partial charge is 0.316 e. The number of halogens is 1. The molecule has 7 heteroatoms. The third kappa shape index (κ3) is 6.51. The largest absolute Gasteiger partial charge is 0.497 e. The summed E-state index contributed by atoms with van der Waals surface area (Å²) in [6.45, 7) is 5.69. The second kappa shape index (κ2) is 12.3. The average molecular weight is 515 g/mol. The molecule has 3 aromatic rings. The standard InChI is InChI=1S/C28H31ClO5S/c1-6-7-23(33-5)25(28(31)34-17(2)3)22-16-24(26(30)18-10-14-21(32-4)15-11-18)35-27(22)19-8-12-20(29)13-9-19/h8-17,23,25H,6-7H2,1-5H3. The Labute approximate surface area is 216 Å². The number of ether oxygens (including phenoxy) is 3. The van der Waals surface area contributed by atoms with Crippen LogP contribution in [0.15, 0.2) is 54.6 Å². The molecule has 0 spiro atoms. The molecule has 1 aromatic heterocycles. The maximum atomic E-state index is 13.4. The van der Waals surface area contributed by atoms with Gasteiger partial charge in [-0.05, 0) is 73.9 Å². The van der Waals surface area contributed by atoms with E-state index < -0.39 is 12.0 Å². The maximum Gasteiger partial charge on any atom is 0.316 e. The van der Waals surface area contributed by atoms with Crippen molar-refractivity contribution >= 4 is 34.7 Å². The van der Waals surface area contributed by atoms with Crippen molar-refractivity contribution in [2.75, 3.05) is 14.2 Å². The number of carbonyl (C=O) groups excluding carboxylic acids is 2. The van der Waals surface area contributed by atoms with Crippen molar-refractivity contribution in [3.8, 4) is 16.2 Å². The van der Waals surface area contributed by atoms with Crippen LogP contribution in [0.25, 0.3) is 10.4 Å². The molecule has 3 rings (SSSR count). The van der Waals surface area contributed by atoms with E-state index in [4.69, 9.17) is 25.8 Å². The molecule has 0 aliphatic carbocycles. The van der Waals surface area contributed by atoms with Gasteiger partial charge in [-0.1, -0.05) is 37.1 Å². The highest BCUT2D eigenvalue weighted by molar-refractivity contribution is 7.17. The fourth-order valence-electron chi connectivity index (χ4n) is 3.95. The first-order chi connectivity index (χ1) is 16.8. The van der Waals surface area contributed by atoms with Crippen LogP contribution in [0, 0.1) is 0 Å². The molecule has 0 fully saturated rings. The molecular weight excluding hydrogens is 484 g/mol. The minimum absolute atomic E-state index is 0.125. The van der Waals surface area contributed by atoms with Gasteiger partial charge in [-0.3, -0.25) is 9.59 Å². The number of thiophene rings is 1. The maximum absolute atomic E-state index is 13.4. The van der Waals surface area contributed by atoms with Gasteiger partial charge >= 0.3 is 5.97 Å². The molecule has 1 heterocycles. The van der Waals surface area contributed by atoms with E-state index in [0.29, 0.717) is 27.6 Å². The van der Waals surface area contributed by atoms with E-state index >= 15 is 0 Å². The van der Waals surface area contributed by atoms with Crippen molar-refractivity contribution in [1.82, 2.24) is 0 Å². The Morgan fingerprint density at radius 3 is 2.20 bits per heavy atom. The van der Waals surface area contributed by atoms with Gasteiger partial charge in [-0.25, -0.2) is 0 Å². The summed E-state index contributed by atoms with van der Waals surface area (Å²) >= 11 is 7.48. The number of ketones is 1. The summed E-state index contributed by atoms with van der Waals surface area (Å²) in [5.74, 6) is -0.493. The van der Waals surface area contributed by atoms with Crippen LogP contribution in [-0.4, -0.2) is 38.2 Å². The van der Waals surface area contributed by atoms with Gasteiger partial charge in [0.15, 0.2) is 0 Å². The van der Waals surface area contributed by atoms with Crippen LogP contribution in [0.3, 0.4) is 0 Å². The van der Waals surface area contributed by atoms with Crippen LogP contribution in [0.5, 0.6) is 5.75 Å². The summed E-state index contributed by atoms with van der Waals surface area (Å²) in [6.07, 6.45) is 0.839. The summed E-state index contributed by atoms with van der Waals surface area (Å²) in [5.41, 5.74) is 2.14. The third-order valence-electron chi connectivity index (χ3n) is 5.63. The third-order valence-corrected chi connectivity index (χ3v) is 7.08. The van der Waals surface area contributed by atoms with Crippen LogP contribution in [0.2, 0.25) is 5.02 Å². The van der Waals surface area contributed by atoms with Crippen LogP contribution >= 0.6 is 22.9 Å². The van der Waals surface area contributed by atoms with Gasteiger partial charge in [0.1, 0.15) is 11.7 Å². The van der Waals surface area contributed by atoms with Gasteiger partial charge < -0.3 is 14.2 Å². The van der Waals surface area contributed by atoms with E-state index in [2.05, 4.69) is 0 Å². The van der Waals surface area contributed by atoms with Crippen molar-refractivity contribution in [3.05, 3.63) is 75.6 Å². The second-order valence-electron chi connectivity index (χ2n) is 8.49. The van der Waals surface area contributed by atoms with E-state index in [-0.39, 0.29) is 17.9 Å². The Hall–Kier alpha value is -2.67. The summed E-state index contributed by atoms with van der Waals surface area (Å²) in [7, 11) is 3.19. The Balaban J connectivity index is 2.16. The minimum atomic E-state index is -0.679. The van der Waals surface area contributed by atoms with Crippen molar-refractivity contribution in [2.45, 2.75) is 51.7 Å². The number of rotatable bonds is 11. The lowest BCUT2D eigenvalue weighted by molar-refractivity contribution is -0.153. The highest BCUT2D eigenvalue weighted by Gasteiger charge is 2.35. The highest BCUT2D eigenvalue weighted by atomic mass is 35.5. The molecule has 2 unspecified atom stereocenters. The van der Waals surface area contributed by atoms with E-state index in [1.807, 2.05) is 39.0 Å². The Kier molecular flexibility index (Phi) is 9.49. The fraction of sp³-hybridized carbons (Fsp3) is 0.357. The Morgan fingerprint density at radius 1 is 1.00 bits per heavy atom. The topological polar surface area (TPSA) is 61.8 Å². The van der Waals surface area contributed by atoms with E-state index in [0.717, 1.165) is 22.4 Å². The molecule has 0 aliphatic heterocycles. The zero-order valence-electron chi connectivity index (χ0n) is 20.7. The second-order valence-corrected chi connectivity index (χ2v) is 9.97. The molecule has 0 N–H and O–H groups in total. The SMILES string of the molecule is CCCC(OC)C(C(=O)OC(C)C)c1cc(C(=O)c2ccc(OC)cc2)sc1-c1ccc(Cl)cc1. The number of esters is 1. The molecule has 186 valence electrons.